The number of rotatable bonds is 3. The molecule has 0 N–H and O–H groups in total. The molecule has 0 bridgehead atoms. The Bertz CT molecular complexity index is 1200. The summed E-state index contributed by atoms with van der Waals surface area (Å²) in [4.78, 5) is 2.08. The zero-order valence-corrected chi connectivity index (χ0v) is 16.6. The number of likely N-dealkylation sites (N-methyl/N-ethyl adjacent to an activating group) is 1. The van der Waals surface area contributed by atoms with Gasteiger partial charge in [-0.3, -0.25) is 0 Å². The summed E-state index contributed by atoms with van der Waals surface area (Å²) < 4.78 is 55.9. The normalized spacial score (nSPS) is 15.8. The highest BCUT2D eigenvalue weighted by molar-refractivity contribution is 7.90. The number of halogens is 3. The second-order valence-electron chi connectivity index (χ2n) is 6.82. The Morgan fingerprint density at radius 1 is 1.11 bits per heavy atom. The molecule has 0 fully saturated rings. The van der Waals surface area contributed by atoms with Crippen molar-refractivity contribution in [3.63, 3.8) is 0 Å². The highest BCUT2D eigenvalue weighted by atomic mass is 35.5. The second kappa shape index (κ2) is 6.99. The van der Waals surface area contributed by atoms with Crippen molar-refractivity contribution in [1.82, 2.24) is 8.87 Å². The number of aromatic nitrogens is 1. The van der Waals surface area contributed by atoms with E-state index in [0.717, 1.165) is 16.1 Å². The van der Waals surface area contributed by atoms with Crippen molar-refractivity contribution in [2.24, 2.45) is 0 Å². The first kappa shape index (κ1) is 19.1. The van der Waals surface area contributed by atoms with E-state index in [2.05, 4.69) is 4.90 Å². The van der Waals surface area contributed by atoms with Gasteiger partial charge in [0.2, 0.25) is 0 Å². The van der Waals surface area contributed by atoms with E-state index in [4.69, 9.17) is 11.6 Å². The smallest absolute Gasteiger partial charge is 0.268 e. The van der Waals surface area contributed by atoms with E-state index in [9.17, 15) is 17.2 Å². The number of fused-ring (bicyclic) bond motifs is 1. The molecule has 1 aromatic heterocycles. The average molecular weight is 423 g/mol. The zero-order valence-electron chi connectivity index (χ0n) is 15.0. The topological polar surface area (TPSA) is 42.3 Å². The van der Waals surface area contributed by atoms with Gasteiger partial charge in [-0.1, -0.05) is 17.7 Å². The molecular weight excluding hydrogens is 406 g/mol. The monoisotopic (exact) mass is 422 g/mol. The molecule has 2 aromatic carbocycles. The molecule has 2 heterocycles. The van der Waals surface area contributed by atoms with E-state index in [0.29, 0.717) is 29.6 Å². The first-order valence-corrected chi connectivity index (χ1v) is 10.5. The summed E-state index contributed by atoms with van der Waals surface area (Å²) in [5.74, 6) is -1.67. The highest BCUT2D eigenvalue weighted by Gasteiger charge is 2.26. The van der Waals surface area contributed by atoms with Gasteiger partial charge < -0.3 is 4.90 Å². The minimum Gasteiger partial charge on any atom is -0.302 e. The minimum atomic E-state index is -4.09. The van der Waals surface area contributed by atoms with Gasteiger partial charge in [0.1, 0.15) is 11.3 Å². The van der Waals surface area contributed by atoms with E-state index >= 15 is 0 Å². The summed E-state index contributed by atoms with van der Waals surface area (Å²) >= 11 is 5.85. The van der Waals surface area contributed by atoms with Crippen LogP contribution in [0.15, 0.2) is 53.6 Å². The first-order valence-electron chi connectivity index (χ1n) is 8.66. The van der Waals surface area contributed by atoms with E-state index in [1.165, 1.54) is 36.5 Å². The molecule has 1 aliphatic heterocycles. The van der Waals surface area contributed by atoms with Crippen LogP contribution in [0, 0.1) is 11.6 Å². The van der Waals surface area contributed by atoms with Crippen LogP contribution < -0.4 is 0 Å². The van der Waals surface area contributed by atoms with Gasteiger partial charge in [0, 0.05) is 41.3 Å². The van der Waals surface area contributed by atoms with Gasteiger partial charge in [0.05, 0.1) is 4.90 Å². The lowest BCUT2D eigenvalue weighted by molar-refractivity contribution is 0.370. The van der Waals surface area contributed by atoms with Crippen molar-refractivity contribution >= 4 is 38.1 Å². The van der Waals surface area contributed by atoms with Crippen molar-refractivity contribution in [3.8, 4) is 0 Å². The molecule has 146 valence electrons. The van der Waals surface area contributed by atoms with Crippen LogP contribution >= 0.6 is 11.6 Å². The Kier molecular flexibility index (Phi) is 4.77. The van der Waals surface area contributed by atoms with Gasteiger partial charge in [-0.15, -0.1) is 0 Å². The summed E-state index contributed by atoms with van der Waals surface area (Å²) in [6.45, 7) is 1.46. The van der Waals surface area contributed by atoms with Crippen LogP contribution in [0.1, 0.15) is 12.0 Å². The standard InChI is InChI=1S/C20H17ClF2N2O2S/c1-24-8-6-13(7-9-24)18-12-25(20-17(18)10-15(22)11-19(20)23)28(26,27)16-4-2-14(21)3-5-16/h2-6,10-12H,7-9H2,1H3. The fourth-order valence-corrected chi connectivity index (χ4v) is 4.93. The van der Waals surface area contributed by atoms with Gasteiger partial charge in [0.25, 0.3) is 10.0 Å². The highest BCUT2D eigenvalue weighted by Crippen LogP contribution is 2.35. The SMILES string of the molecule is CN1CC=C(c2cn(S(=O)(=O)c3ccc(Cl)cc3)c3c(F)cc(F)cc23)CC1. The van der Waals surface area contributed by atoms with Crippen LogP contribution in [-0.2, 0) is 10.0 Å². The Labute approximate surface area is 166 Å². The molecule has 8 heteroatoms. The molecular formula is C20H17ClF2N2O2S. The Morgan fingerprint density at radius 2 is 1.82 bits per heavy atom. The van der Waals surface area contributed by atoms with Crippen LogP contribution in [0.2, 0.25) is 5.02 Å². The predicted octanol–water partition coefficient (Wildman–Crippen LogP) is 4.53. The summed E-state index contributed by atoms with van der Waals surface area (Å²) in [5, 5.41) is 0.632. The van der Waals surface area contributed by atoms with Crippen molar-refractivity contribution in [3.05, 3.63) is 70.9 Å². The molecule has 0 unspecified atom stereocenters. The molecule has 0 aliphatic carbocycles. The van der Waals surface area contributed by atoms with Gasteiger partial charge in [-0.2, -0.15) is 0 Å². The maximum atomic E-state index is 14.7. The molecule has 0 atom stereocenters. The molecule has 3 aromatic rings. The van der Waals surface area contributed by atoms with Gasteiger partial charge in [-0.25, -0.2) is 21.2 Å². The summed E-state index contributed by atoms with van der Waals surface area (Å²) in [5.41, 5.74) is 1.24. The van der Waals surface area contributed by atoms with E-state index < -0.39 is 21.7 Å². The van der Waals surface area contributed by atoms with Gasteiger partial charge in [0.15, 0.2) is 5.82 Å². The van der Waals surface area contributed by atoms with Gasteiger partial charge in [-0.05, 0) is 49.4 Å². The van der Waals surface area contributed by atoms with Crippen LogP contribution in [0.4, 0.5) is 8.78 Å². The number of nitrogens with zero attached hydrogens (tertiary/aromatic N) is 2. The molecule has 0 spiro atoms. The molecule has 28 heavy (non-hydrogen) atoms. The molecule has 0 radical (unpaired) electrons. The fourth-order valence-electron chi connectivity index (χ4n) is 3.43. The summed E-state index contributed by atoms with van der Waals surface area (Å²) in [6.07, 6.45) is 4.00. The average Bonchev–Trinajstić information content (AvgIpc) is 3.03. The third-order valence-electron chi connectivity index (χ3n) is 4.91. The number of hydrogen-bond donors (Lipinski definition) is 0. The van der Waals surface area contributed by atoms with Crippen molar-refractivity contribution in [2.75, 3.05) is 20.1 Å². The zero-order chi connectivity index (χ0) is 20.1. The number of hydrogen-bond acceptors (Lipinski definition) is 3. The van der Waals surface area contributed by atoms with Gasteiger partial charge >= 0.3 is 0 Å². The largest absolute Gasteiger partial charge is 0.302 e. The maximum absolute atomic E-state index is 14.7. The van der Waals surface area contributed by atoms with Crippen molar-refractivity contribution in [1.29, 1.82) is 0 Å². The van der Waals surface area contributed by atoms with Crippen molar-refractivity contribution < 1.29 is 17.2 Å². The van der Waals surface area contributed by atoms with E-state index in [1.807, 2.05) is 13.1 Å². The third-order valence-corrected chi connectivity index (χ3v) is 6.84. The Balaban J connectivity index is 1.98. The quantitative estimate of drug-likeness (QED) is 0.622. The summed E-state index contributed by atoms with van der Waals surface area (Å²) in [6, 6.07) is 7.51. The molecule has 1 aliphatic rings. The molecule has 0 saturated heterocycles. The maximum Gasteiger partial charge on any atom is 0.268 e. The summed E-state index contributed by atoms with van der Waals surface area (Å²) in [7, 11) is -2.12. The van der Waals surface area contributed by atoms with E-state index in [1.54, 1.807) is 0 Å². The lowest BCUT2D eigenvalue weighted by Crippen LogP contribution is -2.23. The number of benzene rings is 2. The van der Waals surface area contributed by atoms with Crippen LogP contribution in [0.25, 0.3) is 16.5 Å². The second-order valence-corrected chi connectivity index (χ2v) is 9.07. The molecule has 0 amide bonds. The molecule has 4 rings (SSSR count). The first-order chi connectivity index (χ1) is 13.3. The van der Waals surface area contributed by atoms with Crippen LogP contribution in [-0.4, -0.2) is 37.4 Å². The van der Waals surface area contributed by atoms with Crippen molar-refractivity contribution in [2.45, 2.75) is 11.3 Å². The Morgan fingerprint density at radius 3 is 2.46 bits per heavy atom. The van der Waals surface area contributed by atoms with Crippen LogP contribution in [0.3, 0.4) is 0 Å². The Hall–Kier alpha value is -2.22. The lowest BCUT2D eigenvalue weighted by Gasteiger charge is -2.21. The van der Waals surface area contributed by atoms with Crippen LogP contribution in [0.5, 0.6) is 0 Å². The molecule has 4 nitrogen and oxygen atoms in total. The lowest BCUT2D eigenvalue weighted by atomic mass is 9.99. The predicted molar refractivity (Wildman–Crippen MR) is 106 cm³/mol. The fraction of sp³-hybridized carbons (Fsp3) is 0.200. The minimum absolute atomic E-state index is 0.0265. The third kappa shape index (κ3) is 3.23. The molecule has 0 saturated carbocycles. The van der Waals surface area contributed by atoms with E-state index in [-0.39, 0.29) is 15.8 Å².